The van der Waals surface area contributed by atoms with Gasteiger partial charge in [-0.15, -0.1) is 0 Å². The molecule has 0 aromatic heterocycles. The number of carboxylic acids is 1. The van der Waals surface area contributed by atoms with E-state index in [9.17, 15) is 14.7 Å². The predicted octanol–water partition coefficient (Wildman–Crippen LogP) is 7.15. The second kappa shape index (κ2) is 16.0. The largest absolute Gasteiger partial charge is 0.492 e. The van der Waals surface area contributed by atoms with Gasteiger partial charge >= 0.3 is 5.97 Å². The lowest BCUT2D eigenvalue weighted by molar-refractivity contribution is -0.137. The summed E-state index contributed by atoms with van der Waals surface area (Å²) < 4.78 is 6.10. The summed E-state index contributed by atoms with van der Waals surface area (Å²) in [7, 11) is 0. The van der Waals surface area contributed by atoms with Crippen LogP contribution >= 0.6 is 0 Å². The molecule has 5 rings (SSSR count). The number of aliphatic carboxylic acids is 1. The van der Waals surface area contributed by atoms with Crippen LogP contribution in [0.2, 0.25) is 0 Å². The summed E-state index contributed by atoms with van der Waals surface area (Å²) in [5, 5.41) is 13.1. The van der Waals surface area contributed by atoms with E-state index in [1.165, 1.54) is 11.1 Å². The van der Waals surface area contributed by atoms with Crippen LogP contribution in [0.15, 0.2) is 140 Å². The van der Waals surface area contributed by atoms with Crippen LogP contribution < -0.4 is 10.1 Å². The monoisotopic (exact) mass is 598 g/mol. The molecular formula is C39H38N2O4. The number of anilines is 1. The summed E-state index contributed by atoms with van der Waals surface area (Å²) >= 11 is 0. The number of ether oxygens (including phenoxy) is 1. The van der Waals surface area contributed by atoms with E-state index in [1.807, 2.05) is 54.6 Å². The Hall–Kier alpha value is -5.20. The van der Waals surface area contributed by atoms with Crippen molar-refractivity contribution in [2.24, 2.45) is 0 Å². The van der Waals surface area contributed by atoms with Gasteiger partial charge in [-0.1, -0.05) is 115 Å². The van der Waals surface area contributed by atoms with Gasteiger partial charge in [-0.2, -0.15) is 0 Å². The van der Waals surface area contributed by atoms with Gasteiger partial charge in [0.15, 0.2) is 5.78 Å². The quantitative estimate of drug-likeness (QED) is 0.118. The van der Waals surface area contributed by atoms with Crippen molar-refractivity contribution in [1.82, 2.24) is 4.90 Å². The lowest BCUT2D eigenvalue weighted by Crippen LogP contribution is -2.32. The minimum atomic E-state index is -0.994. The highest BCUT2D eigenvalue weighted by atomic mass is 16.5. The normalized spacial score (nSPS) is 11.6. The number of carbonyl (C=O) groups is 2. The topological polar surface area (TPSA) is 78.9 Å². The first-order chi connectivity index (χ1) is 22.0. The minimum absolute atomic E-state index is 0.160. The summed E-state index contributed by atoms with van der Waals surface area (Å²) in [6.45, 7) is 3.08. The van der Waals surface area contributed by atoms with Crippen molar-refractivity contribution in [3.8, 4) is 5.75 Å². The molecule has 0 aliphatic carbocycles. The van der Waals surface area contributed by atoms with E-state index in [0.717, 1.165) is 37.4 Å². The van der Waals surface area contributed by atoms with Crippen molar-refractivity contribution in [2.75, 3.05) is 25.0 Å². The zero-order valence-electron chi connectivity index (χ0n) is 25.2. The van der Waals surface area contributed by atoms with Crippen LogP contribution in [0, 0.1) is 0 Å². The van der Waals surface area contributed by atoms with Gasteiger partial charge < -0.3 is 15.2 Å². The summed E-state index contributed by atoms with van der Waals surface area (Å²) in [4.78, 5) is 27.8. The second-order valence-electron chi connectivity index (χ2n) is 11.0. The van der Waals surface area contributed by atoms with E-state index in [2.05, 4.69) is 58.7 Å². The van der Waals surface area contributed by atoms with Gasteiger partial charge in [-0.05, 0) is 47.4 Å². The van der Waals surface area contributed by atoms with Gasteiger partial charge in [-0.25, -0.2) is 4.79 Å². The molecule has 0 saturated carbocycles. The van der Waals surface area contributed by atoms with E-state index >= 15 is 0 Å². The first-order valence-corrected chi connectivity index (χ1v) is 15.3. The maximum Gasteiger partial charge on any atom is 0.326 e. The molecule has 0 radical (unpaired) electrons. The Labute approximate surface area is 264 Å². The molecule has 6 nitrogen and oxygen atoms in total. The SMILES string of the molecule is O=C(c1ccccc1)c1ccccc1N[C@@H](Cc1ccc(OCCN(CCc2ccccc2)Cc2ccccc2)cc1)C(=O)O. The molecule has 0 amide bonds. The Morgan fingerprint density at radius 3 is 1.93 bits per heavy atom. The third kappa shape index (κ3) is 9.39. The zero-order valence-corrected chi connectivity index (χ0v) is 25.2. The average molecular weight is 599 g/mol. The molecule has 228 valence electrons. The number of benzene rings is 5. The Morgan fingerprint density at radius 1 is 0.667 bits per heavy atom. The zero-order chi connectivity index (χ0) is 31.3. The van der Waals surface area contributed by atoms with E-state index in [0.29, 0.717) is 23.4 Å². The molecule has 5 aromatic rings. The van der Waals surface area contributed by atoms with Gasteiger partial charge in [0.1, 0.15) is 18.4 Å². The first-order valence-electron chi connectivity index (χ1n) is 15.3. The molecular weight excluding hydrogens is 560 g/mol. The fraction of sp³-hybridized carbons (Fsp3) is 0.179. The summed E-state index contributed by atoms with van der Waals surface area (Å²) in [6.07, 6.45) is 1.21. The number of rotatable bonds is 16. The molecule has 0 fully saturated rings. The number of para-hydroxylation sites is 1. The Kier molecular flexibility index (Phi) is 11.1. The summed E-state index contributed by atoms with van der Waals surface area (Å²) in [5.74, 6) is -0.418. The average Bonchev–Trinajstić information content (AvgIpc) is 3.08. The Morgan fingerprint density at radius 2 is 1.27 bits per heavy atom. The van der Waals surface area contributed by atoms with Crippen LogP contribution in [0.25, 0.3) is 0 Å². The molecule has 0 bridgehead atoms. The maximum atomic E-state index is 13.1. The smallest absolute Gasteiger partial charge is 0.326 e. The molecule has 1 atom stereocenters. The van der Waals surface area contributed by atoms with Crippen LogP contribution in [0.1, 0.15) is 32.6 Å². The molecule has 0 aliphatic heterocycles. The van der Waals surface area contributed by atoms with E-state index in [1.54, 1.807) is 36.4 Å². The standard InChI is InChI=1S/C39H38N2O4/c42-38(33-16-8-3-9-17-33)35-18-10-11-19-36(35)40-37(39(43)44)28-31-20-22-34(23-21-31)45-27-26-41(29-32-14-6-2-7-15-32)25-24-30-12-4-1-5-13-30/h1-23,37,40H,24-29H2,(H,43,44)/t37-/m0/s1. The molecule has 0 spiro atoms. The number of nitrogens with zero attached hydrogens (tertiary/aromatic N) is 1. The summed E-state index contributed by atoms with van der Waals surface area (Å²) in [6, 6.07) is 43.6. The van der Waals surface area contributed by atoms with Crippen LogP contribution in [0.4, 0.5) is 5.69 Å². The lowest BCUT2D eigenvalue weighted by atomic mass is 10.00. The van der Waals surface area contributed by atoms with E-state index < -0.39 is 12.0 Å². The Bertz CT molecular complexity index is 1640. The molecule has 2 N–H and O–H groups in total. The predicted molar refractivity (Wildman–Crippen MR) is 179 cm³/mol. The van der Waals surface area contributed by atoms with E-state index in [4.69, 9.17) is 4.74 Å². The highest BCUT2D eigenvalue weighted by Gasteiger charge is 2.21. The van der Waals surface area contributed by atoms with Crippen molar-refractivity contribution in [1.29, 1.82) is 0 Å². The molecule has 5 aromatic carbocycles. The fourth-order valence-electron chi connectivity index (χ4n) is 5.23. The van der Waals surface area contributed by atoms with E-state index in [-0.39, 0.29) is 12.2 Å². The number of carboxylic acid groups (broad SMARTS) is 1. The van der Waals surface area contributed by atoms with Gasteiger partial charge in [0.05, 0.1) is 0 Å². The van der Waals surface area contributed by atoms with Gasteiger partial charge in [0.2, 0.25) is 0 Å². The van der Waals surface area contributed by atoms with Crippen molar-refractivity contribution in [3.05, 3.63) is 167 Å². The van der Waals surface area contributed by atoms with Crippen molar-refractivity contribution >= 4 is 17.4 Å². The fourth-order valence-corrected chi connectivity index (χ4v) is 5.23. The number of carbonyl (C=O) groups excluding carboxylic acids is 1. The van der Waals surface area contributed by atoms with Crippen molar-refractivity contribution in [3.63, 3.8) is 0 Å². The molecule has 0 unspecified atom stereocenters. The molecule has 0 aliphatic rings. The first kappa shape index (κ1) is 31.2. The molecule has 0 heterocycles. The van der Waals surface area contributed by atoms with Crippen LogP contribution in [-0.2, 0) is 24.2 Å². The van der Waals surface area contributed by atoms with Crippen LogP contribution in [-0.4, -0.2) is 47.5 Å². The van der Waals surface area contributed by atoms with Crippen molar-refractivity contribution in [2.45, 2.75) is 25.4 Å². The third-order valence-electron chi connectivity index (χ3n) is 7.68. The highest BCUT2D eigenvalue weighted by Crippen LogP contribution is 2.22. The summed E-state index contributed by atoms with van der Waals surface area (Å²) in [5.41, 5.74) is 4.90. The lowest BCUT2D eigenvalue weighted by Gasteiger charge is -2.23. The maximum absolute atomic E-state index is 13.1. The highest BCUT2D eigenvalue weighted by molar-refractivity contribution is 6.12. The minimum Gasteiger partial charge on any atom is -0.492 e. The molecule has 45 heavy (non-hydrogen) atoms. The molecule has 6 heteroatoms. The van der Waals surface area contributed by atoms with Gasteiger partial charge in [0, 0.05) is 42.9 Å². The molecule has 0 saturated heterocycles. The number of hydrogen-bond acceptors (Lipinski definition) is 5. The number of nitrogens with one attached hydrogen (secondary N) is 1. The third-order valence-corrected chi connectivity index (χ3v) is 7.68. The Balaban J connectivity index is 1.17. The number of ketones is 1. The van der Waals surface area contributed by atoms with Gasteiger partial charge in [0.25, 0.3) is 0 Å². The van der Waals surface area contributed by atoms with Crippen molar-refractivity contribution < 1.29 is 19.4 Å². The second-order valence-corrected chi connectivity index (χ2v) is 11.0. The number of hydrogen-bond donors (Lipinski definition) is 2. The van der Waals surface area contributed by atoms with Gasteiger partial charge in [-0.3, -0.25) is 9.69 Å². The van der Waals surface area contributed by atoms with Crippen LogP contribution in [0.5, 0.6) is 5.75 Å². The van der Waals surface area contributed by atoms with Crippen LogP contribution in [0.3, 0.4) is 0 Å².